The summed E-state index contributed by atoms with van der Waals surface area (Å²) >= 11 is 3.43. The van der Waals surface area contributed by atoms with E-state index in [-0.39, 0.29) is 11.4 Å². The van der Waals surface area contributed by atoms with Gasteiger partial charge in [0.2, 0.25) is 0 Å². The molecule has 1 aliphatic heterocycles. The topological polar surface area (TPSA) is 45.5 Å². The van der Waals surface area contributed by atoms with Crippen LogP contribution in [0.4, 0.5) is 15.8 Å². The minimum atomic E-state index is -0.445. The molecule has 1 aromatic heterocycles. The molecule has 1 aliphatic rings. The number of hydrogen-bond donors (Lipinski definition) is 1. The molecule has 1 N–H and O–H groups in total. The molecule has 0 aliphatic carbocycles. The molecule has 1 amide bonds. The van der Waals surface area contributed by atoms with Crippen molar-refractivity contribution in [3.8, 4) is 0 Å². The summed E-state index contributed by atoms with van der Waals surface area (Å²) in [6.07, 6.45) is 2.14. The fourth-order valence-corrected chi connectivity index (χ4v) is 3.80. The summed E-state index contributed by atoms with van der Waals surface area (Å²) in [5.41, 5.74) is 2.29. The van der Waals surface area contributed by atoms with Gasteiger partial charge < -0.3 is 14.6 Å². The van der Waals surface area contributed by atoms with Crippen molar-refractivity contribution in [2.24, 2.45) is 0 Å². The van der Waals surface area contributed by atoms with Gasteiger partial charge in [-0.3, -0.25) is 4.79 Å². The maximum atomic E-state index is 14.5. The normalized spacial score (nSPS) is 14.2. The third-order valence-corrected chi connectivity index (χ3v) is 5.27. The molecule has 1 saturated heterocycles. The van der Waals surface area contributed by atoms with Crippen molar-refractivity contribution in [1.29, 1.82) is 0 Å². The van der Waals surface area contributed by atoms with Crippen LogP contribution in [0.3, 0.4) is 0 Å². The van der Waals surface area contributed by atoms with Crippen molar-refractivity contribution in [2.75, 3.05) is 23.3 Å². The summed E-state index contributed by atoms with van der Waals surface area (Å²) in [6.45, 7) is 3.56. The molecule has 4 rings (SSSR count). The Kier molecular flexibility index (Phi) is 4.44. The molecule has 2 heterocycles. The molecule has 6 heteroatoms. The highest BCUT2D eigenvalue weighted by Crippen LogP contribution is 2.33. The summed E-state index contributed by atoms with van der Waals surface area (Å²) < 4.78 is 21.1. The Morgan fingerprint density at radius 1 is 1.23 bits per heavy atom. The van der Waals surface area contributed by atoms with Gasteiger partial charge in [0.15, 0.2) is 5.76 Å². The van der Waals surface area contributed by atoms with Crippen LogP contribution in [0.25, 0.3) is 11.0 Å². The second-order valence-corrected chi connectivity index (χ2v) is 7.39. The summed E-state index contributed by atoms with van der Waals surface area (Å²) in [6, 6.07) is 10.4. The van der Waals surface area contributed by atoms with E-state index in [9.17, 15) is 9.18 Å². The molecule has 0 radical (unpaired) electrons. The van der Waals surface area contributed by atoms with Crippen molar-refractivity contribution >= 4 is 44.2 Å². The fourth-order valence-electron chi connectivity index (χ4n) is 3.44. The van der Waals surface area contributed by atoms with Gasteiger partial charge in [-0.05, 0) is 50.1 Å². The lowest BCUT2D eigenvalue weighted by atomic mass is 10.1. The first kappa shape index (κ1) is 17.1. The van der Waals surface area contributed by atoms with Crippen LogP contribution in [0.2, 0.25) is 0 Å². The predicted octanol–water partition coefficient (Wildman–Crippen LogP) is 5.50. The second kappa shape index (κ2) is 6.76. The van der Waals surface area contributed by atoms with Gasteiger partial charge in [-0.25, -0.2) is 4.39 Å². The first-order chi connectivity index (χ1) is 12.5. The SMILES string of the molecule is Cc1c(C(=O)Nc2c(F)cccc2N2CCCC2)oc2ccc(Br)cc12. The van der Waals surface area contributed by atoms with Gasteiger partial charge in [0.25, 0.3) is 5.91 Å². The second-order valence-electron chi connectivity index (χ2n) is 6.48. The van der Waals surface area contributed by atoms with Crippen molar-refractivity contribution in [1.82, 2.24) is 0 Å². The molecule has 0 spiro atoms. The van der Waals surface area contributed by atoms with E-state index in [1.165, 1.54) is 6.07 Å². The first-order valence-corrected chi connectivity index (χ1v) is 9.37. The van der Waals surface area contributed by atoms with Gasteiger partial charge in [0.05, 0.1) is 5.69 Å². The number of hydrogen-bond acceptors (Lipinski definition) is 3. The number of nitrogens with zero attached hydrogens (tertiary/aromatic N) is 1. The summed E-state index contributed by atoms with van der Waals surface area (Å²) in [7, 11) is 0. The zero-order valence-corrected chi connectivity index (χ0v) is 15.9. The molecule has 1 fully saturated rings. The van der Waals surface area contributed by atoms with Crippen LogP contribution >= 0.6 is 15.9 Å². The maximum Gasteiger partial charge on any atom is 0.291 e. The summed E-state index contributed by atoms with van der Waals surface area (Å²) in [5.74, 6) is -0.687. The van der Waals surface area contributed by atoms with Crippen molar-refractivity contribution in [2.45, 2.75) is 19.8 Å². The number of benzene rings is 2. The smallest absolute Gasteiger partial charge is 0.291 e. The van der Waals surface area contributed by atoms with Crippen LogP contribution in [0.15, 0.2) is 45.3 Å². The lowest BCUT2D eigenvalue weighted by Gasteiger charge is -2.21. The van der Waals surface area contributed by atoms with Gasteiger partial charge in [-0.2, -0.15) is 0 Å². The molecule has 0 unspecified atom stereocenters. The molecule has 134 valence electrons. The highest BCUT2D eigenvalue weighted by Gasteiger charge is 2.23. The fraction of sp³-hybridized carbons (Fsp3) is 0.250. The molecule has 3 aromatic rings. The molecular formula is C20H18BrFN2O2. The molecule has 0 bridgehead atoms. The number of amides is 1. The predicted molar refractivity (Wildman–Crippen MR) is 104 cm³/mol. The number of carbonyl (C=O) groups is 1. The van der Waals surface area contributed by atoms with Crippen LogP contribution in [0.1, 0.15) is 29.0 Å². The molecular weight excluding hydrogens is 399 g/mol. The van der Waals surface area contributed by atoms with Gasteiger partial charge >= 0.3 is 0 Å². The Labute approximate surface area is 159 Å². The Morgan fingerprint density at radius 2 is 2.00 bits per heavy atom. The number of rotatable bonds is 3. The van der Waals surface area contributed by atoms with E-state index in [4.69, 9.17) is 4.42 Å². The lowest BCUT2D eigenvalue weighted by Crippen LogP contribution is -2.22. The summed E-state index contributed by atoms with van der Waals surface area (Å²) in [5, 5.41) is 3.59. The maximum absolute atomic E-state index is 14.5. The quantitative estimate of drug-likeness (QED) is 0.613. The van der Waals surface area contributed by atoms with E-state index in [0.29, 0.717) is 11.3 Å². The lowest BCUT2D eigenvalue weighted by molar-refractivity contribution is 0.0997. The standard InChI is InChI=1S/C20H18BrFN2O2/c1-12-14-11-13(21)7-8-17(14)26-19(12)20(25)23-18-15(22)5-4-6-16(18)24-9-2-3-10-24/h4-8,11H,2-3,9-10H2,1H3,(H,23,25). The number of furan rings is 1. The van der Waals surface area contributed by atoms with Gasteiger partial charge in [0, 0.05) is 28.5 Å². The molecule has 0 atom stereocenters. The van der Waals surface area contributed by atoms with Gasteiger partial charge in [-0.1, -0.05) is 22.0 Å². The van der Waals surface area contributed by atoms with Gasteiger partial charge in [-0.15, -0.1) is 0 Å². The number of fused-ring (bicyclic) bond motifs is 1. The van der Waals surface area contributed by atoms with E-state index in [2.05, 4.69) is 26.1 Å². The average Bonchev–Trinajstić information content (AvgIpc) is 3.25. The van der Waals surface area contributed by atoms with E-state index in [1.807, 2.05) is 31.2 Å². The molecule has 4 nitrogen and oxygen atoms in total. The van der Waals surface area contributed by atoms with Crippen LogP contribution < -0.4 is 10.2 Å². The number of nitrogens with one attached hydrogen (secondary N) is 1. The zero-order valence-electron chi connectivity index (χ0n) is 14.3. The highest BCUT2D eigenvalue weighted by atomic mass is 79.9. The van der Waals surface area contributed by atoms with Crippen LogP contribution in [-0.2, 0) is 0 Å². The zero-order chi connectivity index (χ0) is 18.3. The average molecular weight is 417 g/mol. The van der Waals surface area contributed by atoms with Crippen molar-refractivity contribution in [3.63, 3.8) is 0 Å². The van der Waals surface area contributed by atoms with E-state index < -0.39 is 11.7 Å². The summed E-state index contributed by atoms with van der Waals surface area (Å²) in [4.78, 5) is 14.9. The number of anilines is 2. The third-order valence-electron chi connectivity index (χ3n) is 4.78. The van der Waals surface area contributed by atoms with Crippen LogP contribution in [0.5, 0.6) is 0 Å². The monoisotopic (exact) mass is 416 g/mol. The number of aryl methyl sites for hydroxylation is 1. The molecule has 0 saturated carbocycles. The number of para-hydroxylation sites is 1. The van der Waals surface area contributed by atoms with Crippen LogP contribution in [0, 0.1) is 12.7 Å². The third kappa shape index (κ3) is 2.98. The number of carbonyl (C=O) groups excluding carboxylic acids is 1. The first-order valence-electron chi connectivity index (χ1n) is 8.58. The van der Waals surface area contributed by atoms with Crippen molar-refractivity contribution < 1.29 is 13.6 Å². The molecule has 26 heavy (non-hydrogen) atoms. The Hall–Kier alpha value is -2.34. The van der Waals surface area contributed by atoms with E-state index >= 15 is 0 Å². The van der Waals surface area contributed by atoms with Gasteiger partial charge in [0.1, 0.15) is 17.1 Å². The minimum absolute atomic E-state index is 0.203. The Morgan fingerprint density at radius 3 is 2.77 bits per heavy atom. The Bertz CT molecular complexity index is 993. The highest BCUT2D eigenvalue weighted by molar-refractivity contribution is 9.10. The minimum Gasteiger partial charge on any atom is -0.451 e. The molecule has 2 aromatic carbocycles. The van der Waals surface area contributed by atoms with E-state index in [0.717, 1.165) is 41.4 Å². The largest absolute Gasteiger partial charge is 0.451 e. The van der Waals surface area contributed by atoms with E-state index in [1.54, 1.807) is 6.07 Å². The number of halogens is 2. The Balaban J connectivity index is 1.70. The van der Waals surface area contributed by atoms with Crippen molar-refractivity contribution in [3.05, 3.63) is 58.0 Å². The van der Waals surface area contributed by atoms with Crippen LogP contribution in [-0.4, -0.2) is 19.0 Å².